The van der Waals surface area contributed by atoms with E-state index in [9.17, 15) is 0 Å². The van der Waals surface area contributed by atoms with Crippen molar-refractivity contribution in [3.05, 3.63) is 17.0 Å². The van der Waals surface area contributed by atoms with Gasteiger partial charge in [-0.15, -0.1) is 0 Å². The summed E-state index contributed by atoms with van der Waals surface area (Å²) in [4.78, 5) is 1.30. The van der Waals surface area contributed by atoms with Crippen LogP contribution in [0.4, 0.5) is 0 Å². The monoisotopic (exact) mass is 143 g/mol. The van der Waals surface area contributed by atoms with Gasteiger partial charge in [-0.05, 0) is 17.8 Å². The molecule has 0 aromatic carbocycles. The first-order valence-electron chi connectivity index (χ1n) is 2.33. The fourth-order valence-electron chi connectivity index (χ4n) is 0.512. The number of hydrogen-bond donors (Lipinski definition) is 0. The van der Waals surface area contributed by atoms with Gasteiger partial charge < -0.3 is 0 Å². The van der Waals surface area contributed by atoms with Gasteiger partial charge in [0.1, 0.15) is 0 Å². The fourth-order valence-corrected chi connectivity index (χ4v) is 1.41. The summed E-state index contributed by atoms with van der Waals surface area (Å²) >= 11 is 7.13. The molecule has 1 aromatic heterocycles. The van der Waals surface area contributed by atoms with Crippen LogP contribution in [-0.2, 0) is 0 Å². The predicted molar refractivity (Wildman–Crippen MR) is 40.3 cm³/mol. The van der Waals surface area contributed by atoms with E-state index < -0.39 is 0 Å². The van der Waals surface area contributed by atoms with E-state index in [0.29, 0.717) is 0 Å². The number of thiophene rings is 1. The average molecular weight is 143 g/mol. The van der Waals surface area contributed by atoms with Gasteiger partial charge >= 0.3 is 0 Å². The SMILES string of the molecule is Cc1ccc([B]Cl)s1. The van der Waals surface area contributed by atoms with Crippen molar-refractivity contribution in [2.75, 3.05) is 0 Å². The van der Waals surface area contributed by atoms with Crippen LogP contribution < -0.4 is 4.78 Å². The third-order valence-electron chi connectivity index (χ3n) is 0.869. The molecule has 1 rings (SSSR count). The van der Waals surface area contributed by atoms with Gasteiger partial charge in [-0.25, -0.2) is 0 Å². The van der Waals surface area contributed by atoms with Crippen LogP contribution in [0.25, 0.3) is 0 Å². The highest BCUT2D eigenvalue weighted by Crippen LogP contribution is 2.02. The van der Waals surface area contributed by atoms with Crippen LogP contribution >= 0.6 is 22.8 Å². The average Bonchev–Trinajstić information content (AvgIpc) is 2.14. The number of rotatable bonds is 1. The predicted octanol–water partition coefficient (Wildman–Crippen LogP) is 1.54. The summed E-state index contributed by atoms with van der Waals surface area (Å²) in [6.45, 7) is 3.66. The second-order valence-electron chi connectivity index (χ2n) is 1.56. The van der Waals surface area contributed by atoms with E-state index in [-0.39, 0.29) is 0 Å². The lowest BCUT2D eigenvalue weighted by molar-refractivity contribution is 1.64. The second kappa shape index (κ2) is 2.56. The van der Waals surface area contributed by atoms with Gasteiger partial charge in [0.15, 0.2) is 0 Å². The highest BCUT2D eigenvalue weighted by molar-refractivity contribution is 7.27. The topological polar surface area (TPSA) is 0 Å². The van der Waals surface area contributed by atoms with Gasteiger partial charge in [0.2, 0.25) is 0 Å². The molecule has 0 aliphatic heterocycles. The standard InChI is InChI=1S/C5H5BClS/c1-4-2-3-5(6-7)8-4/h2-3H,1H3. The number of halogens is 1. The zero-order valence-corrected chi connectivity index (χ0v) is 6.09. The van der Waals surface area contributed by atoms with Crippen LogP contribution in [0, 0.1) is 6.92 Å². The molecule has 0 N–H and O–H groups in total. The second-order valence-corrected chi connectivity index (χ2v) is 3.10. The fraction of sp³-hybridized carbons (Fsp3) is 0.200. The highest BCUT2D eigenvalue weighted by Gasteiger charge is 1.93. The van der Waals surface area contributed by atoms with Crippen molar-refractivity contribution in [3.63, 3.8) is 0 Å². The number of aryl methyl sites for hydroxylation is 1. The maximum atomic E-state index is 5.43. The van der Waals surface area contributed by atoms with Crippen molar-refractivity contribution in [1.29, 1.82) is 0 Å². The molecule has 41 valence electrons. The van der Waals surface area contributed by atoms with E-state index in [1.165, 1.54) is 4.88 Å². The van der Waals surface area contributed by atoms with Crippen LogP contribution in [-0.4, -0.2) is 6.69 Å². The molecule has 0 bridgehead atoms. The van der Waals surface area contributed by atoms with Crippen LogP contribution in [0.5, 0.6) is 0 Å². The number of hydrogen-bond acceptors (Lipinski definition) is 1. The molecule has 0 atom stereocenters. The Bertz CT molecular complexity index is 173. The molecule has 1 heterocycles. The molecular formula is C5H5BClS. The van der Waals surface area contributed by atoms with Crippen LogP contribution in [0.2, 0.25) is 0 Å². The van der Waals surface area contributed by atoms with E-state index in [1.54, 1.807) is 18.0 Å². The van der Waals surface area contributed by atoms with Gasteiger partial charge in [0.05, 0.1) is 0 Å². The lowest BCUT2D eigenvalue weighted by Gasteiger charge is -1.76. The third-order valence-corrected chi connectivity index (χ3v) is 2.18. The summed E-state index contributed by atoms with van der Waals surface area (Å²) in [7, 11) is 0. The van der Waals surface area contributed by atoms with Gasteiger partial charge in [-0.1, -0.05) is 6.07 Å². The summed E-state index contributed by atoms with van der Waals surface area (Å²) in [5.74, 6) is 0. The molecule has 0 fully saturated rings. The first-order chi connectivity index (χ1) is 3.83. The largest absolute Gasteiger partial charge is 0.288 e. The summed E-state index contributed by atoms with van der Waals surface area (Å²) < 4.78 is 1.13. The minimum Gasteiger partial charge on any atom is -0.196 e. The normalized spacial score (nSPS) is 9.25. The zero-order valence-electron chi connectivity index (χ0n) is 4.52. The molecule has 8 heavy (non-hydrogen) atoms. The first-order valence-corrected chi connectivity index (χ1v) is 3.58. The van der Waals surface area contributed by atoms with E-state index >= 15 is 0 Å². The van der Waals surface area contributed by atoms with E-state index in [4.69, 9.17) is 11.5 Å². The molecule has 1 radical (unpaired) electrons. The van der Waals surface area contributed by atoms with Gasteiger partial charge in [0, 0.05) is 4.88 Å². The van der Waals surface area contributed by atoms with Crippen molar-refractivity contribution in [2.24, 2.45) is 0 Å². The van der Waals surface area contributed by atoms with E-state index in [1.807, 2.05) is 6.07 Å². The Labute approximate surface area is 58.6 Å². The van der Waals surface area contributed by atoms with Crippen LogP contribution in [0.3, 0.4) is 0 Å². The molecule has 1 aromatic rings. The van der Waals surface area contributed by atoms with Crippen molar-refractivity contribution < 1.29 is 0 Å². The van der Waals surface area contributed by atoms with Crippen LogP contribution in [0.1, 0.15) is 4.88 Å². The molecule has 0 nitrogen and oxygen atoms in total. The Hall–Kier alpha value is 0.0549. The maximum Gasteiger partial charge on any atom is 0.288 e. The Morgan fingerprint density at radius 1 is 1.62 bits per heavy atom. The molecule has 0 aliphatic rings. The molecule has 0 saturated carbocycles. The summed E-state index contributed by atoms with van der Waals surface area (Å²) in [6, 6.07) is 4.06. The van der Waals surface area contributed by atoms with Gasteiger partial charge in [0.25, 0.3) is 6.69 Å². The quantitative estimate of drug-likeness (QED) is 0.523. The highest BCUT2D eigenvalue weighted by atomic mass is 35.5. The van der Waals surface area contributed by atoms with Crippen molar-refractivity contribution in [3.8, 4) is 0 Å². The first kappa shape index (κ1) is 6.18. The van der Waals surface area contributed by atoms with E-state index in [2.05, 4.69) is 13.0 Å². The maximum absolute atomic E-state index is 5.43. The summed E-state index contributed by atoms with van der Waals surface area (Å²) in [5, 5.41) is 0. The lowest BCUT2D eigenvalue weighted by atomic mass is 10.1. The molecule has 0 aliphatic carbocycles. The Morgan fingerprint density at radius 3 is 2.62 bits per heavy atom. The third kappa shape index (κ3) is 1.27. The smallest absolute Gasteiger partial charge is 0.196 e. The molecule has 0 unspecified atom stereocenters. The molecule has 3 heteroatoms. The van der Waals surface area contributed by atoms with Crippen molar-refractivity contribution in [2.45, 2.75) is 6.92 Å². The van der Waals surface area contributed by atoms with Gasteiger partial charge in [-0.3, -0.25) is 0 Å². The molecular weight excluding hydrogens is 138 g/mol. The van der Waals surface area contributed by atoms with Crippen molar-refractivity contribution in [1.82, 2.24) is 0 Å². The zero-order chi connectivity index (χ0) is 5.98. The Morgan fingerprint density at radius 2 is 2.38 bits per heavy atom. The summed E-state index contributed by atoms with van der Waals surface area (Å²) in [6.07, 6.45) is 0. The molecule has 0 saturated heterocycles. The van der Waals surface area contributed by atoms with Crippen molar-refractivity contribution >= 4 is 34.3 Å². The Balaban J connectivity index is 2.84. The molecule has 0 spiro atoms. The molecule has 0 amide bonds. The Kier molecular flexibility index (Phi) is 1.98. The van der Waals surface area contributed by atoms with Gasteiger partial charge in [-0.2, -0.15) is 22.8 Å². The lowest BCUT2D eigenvalue weighted by Crippen LogP contribution is -1.99. The summed E-state index contributed by atoms with van der Waals surface area (Å²) in [5.41, 5.74) is 0. The van der Waals surface area contributed by atoms with Crippen LogP contribution in [0.15, 0.2) is 12.1 Å². The minimum atomic E-state index is 1.13. The van der Waals surface area contributed by atoms with E-state index in [0.717, 1.165) is 4.78 Å². The minimum absolute atomic E-state index is 1.13.